The van der Waals surface area contributed by atoms with Crippen LogP contribution in [0.5, 0.6) is 0 Å². The first-order valence-electron chi connectivity index (χ1n) is 5.42. The summed E-state index contributed by atoms with van der Waals surface area (Å²) in [6.07, 6.45) is 0.492. The number of Topliss-reactive ketones (excluding diaryl/α,β-unsaturated/α-hetero) is 1. The molecule has 0 heterocycles. The van der Waals surface area contributed by atoms with Gasteiger partial charge in [0.1, 0.15) is 0 Å². The number of rotatable bonds is 5. The predicted molar refractivity (Wildman–Crippen MR) is 67.7 cm³/mol. The molecule has 2 heteroatoms. The third-order valence-corrected chi connectivity index (χ3v) is 2.67. The molecule has 0 aliphatic heterocycles. The van der Waals surface area contributed by atoms with Crippen molar-refractivity contribution in [3.05, 3.63) is 48.0 Å². The Morgan fingerprint density at radius 1 is 1.31 bits per heavy atom. The van der Waals surface area contributed by atoms with Crippen LogP contribution in [0.4, 0.5) is 0 Å². The van der Waals surface area contributed by atoms with Gasteiger partial charge in [0.25, 0.3) is 0 Å². The van der Waals surface area contributed by atoms with Crippen molar-refractivity contribution in [2.45, 2.75) is 19.4 Å². The van der Waals surface area contributed by atoms with E-state index in [0.717, 1.165) is 11.1 Å². The molecule has 0 fully saturated rings. The zero-order valence-electron chi connectivity index (χ0n) is 10.2. The van der Waals surface area contributed by atoms with Crippen LogP contribution in [-0.2, 0) is 0 Å². The van der Waals surface area contributed by atoms with Crippen LogP contribution in [0.15, 0.2) is 42.5 Å². The Hall–Kier alpha value is -1.41. The van der Waals surface area contributed by atoms with Gasteiger partial charge in [-0.15, -0.1) is 0 Å². The smallest absolute Gasteiger partial charge is 0.164 e. The molecule has 1 rings (SSSR count). The summed E-state index contributed by atoms with van der Waals surface area (Å²) in [7, 11) is 3.94. The highest BCUT2D eigenvalue weighted by molar-refractivity contribution is 5.96. The van der Waals surface area contributed by atoms with Crippen LogP contribution in [0.1, 0.15) is 23.7 Å². The molecule has 1 atom stereocenters. The lowest BCUT2D eigenvalue weighted by atomic mass is 9.99. The summed E-state index contributed by atoms with van der Waals surface area (Å²) in [5.41, 5.74) is 1.80. The summed E-state index contributed by atoms with van der Waals surface area (Å²) < 4.78 is 0. The molecule has 16 heavy (non-hydrogen) atoms. The van der Waals surface area contributed by atoms with E-state index in [9.17, 15) is 4.79 Å². The van der Waals surface area contributed by atoms with Crippen LogP contribution >= 0.6 is 0 Å². The van der Waals surface area contributed by atoms with Crippen LogP contribution in [0.3, 0.4) is 0 Å². The normalized spacial score (nSPS) is 12.5. The second-order valence-electron chi connectivity index (χ2n) is 4.32. The van der Waals surface area contributed by atoms with Crippen molar-refractivity contribution in [2.75, 3.05) is 14.1 Å². The van der Waals surface area contributed by atoms with Crippen LogP contribution in [0.25, 0.3) is 0 Å². The van der Waals surface area contributed by atoms with Gasteiger partial charge in [-0.05, 0) is 21.0 Å². The van der Waals surface area contributed by atoms with Crippen LogP contribution in [0.2, 0.25) is 0 Å². The van der Waals surface area contributed by atoms with Gasteiger partial charge in [0.2, 0.25) is 0 Å². The average Bonchev–Trinajstić information content (AvgIpc) is 2.25. The molecular weight excluding hydrogens is 198 g/mol. The molecule has 1 aromatic rings. The highest BCUT2D eigenvalue weighted by atomic mass is 16.1. The van der Waals surface area contributed by atoms with Gasteiger partial charge in [0.05, 0.1) is 0 Å². The summed E-state index contributed by atoms with van der Waals surface area (Å²) in [6.45, 7) is 5.89. The molecule has 0 amide bonds. The van der Waals surface area contributed by atoms with E-state index in [1.165, 1.54) is 0 Å². The lowest BCUT2D eigenvalue weighted by molar-refractivity contribution is 0.0955. The topological polar surface area (TPSA) is 20.3 Å². The summed E-state index contributed by atoms with van der Waals surface area (Å²) >= 11 is 0. The second kappa shape index (κ2) is 5.61. The Labute approximate surface area is 97.6 Å². The van der Waals surface area contributed by atoms with Crippen molar-refractivity contribution in [1.29, 1.82) is 0 Å². The van der Waals surface area contributed by atoms with Crippen molar-refractivity contribution < 1.29 is 4.79 Å². The monoisotopic (exact) mass is 217 g/mol. The molecule has 0 aliphatic carbocycles. The fourth-order valence-electron chi connectivity index (χ4n) is 1.72. The first-order chi connectivity index (χ1) is 7.52. The largest absolute Gasteiger partial charge is 0.302 e. The first kappa shape index (κ1) is 12.7. The number of ketones is 1. The van der Waals surface area contributed by atoms with Gasteiger partial charge in [-0.2, -0.15) is 0 Å². The Bertz CT molecular complexity index is 368. The number of nitrogens with zero attached hydrogens (tertiary/aromatic N) is 1. The zero-order chi connectivity index (χ0) is 12.1. The maximum Gasteiger partial charge on any atom is 0.164 e. The Balaban J connectivity index is 2.74. The van der Waals surface area contributed by atoms with Gasteiger partial charge in [-0.3, -0.25) is 4.79 Å². The van der Waals surface area contributed by atoms with Crippen LogP contribution in [-0.4, -0.2) is 30.8 Å². The van der Waals surface area contributed by atoms with Crippen LogP contribution in [0, 0.1) is 0 Å². The van der Waals surface area contributed by atoms with Crippen molar-refractivity contribution >= 4 is 5.78 Å². The molecular formula is C14H19NO. The maximum atomic E-state index is 12.0. The summed E-state index contributed by atoms with van der Waals surface area (Å²) in [5, 5.41) is 0. The van der Waals surface area contributed by atoms with E-state index in [2.05, 4.69) is 6.58 Å². The molecule has 0 aliphatic rings. The van der Waals surface area contributed by atoms with Crippen molar-refractivity contribution in [3.63, 3.8) is 0 Å². The van der Waals surface area contributed by atoms with Crippen molar-refractivity contribution in [2.24, 2.45) is 0 Å². The standard InChI is InChI=1S/C14H19NO/c1-11(2)13(15(3)4)10-14(16)12-8-6-5-7-9-12/h5-9,13H,1,10H2,2-4H3. The zero-order valence-corrected chi connectivity index (χ0v) is 10.2. The van der Waals surface area contributed by atoms with E-state index < -0.39 is 0 Å². The minimum absolute atomic E-state index is 0.118. The average molecular weight is 217 g/mol. The quantitative estimate of drug-likeness (QED) is 0.558. The fourth-order valence-corrected chi connectivity index (χ4v) is 1.72. The number of carbonyl (C=O) groups is 1. The molecule has 0 radical (unpaired) electrons. The molecule has 0 saturated carbocycles. The predicted octanol–water partition coefficient (Wildman–Crippen LogP) is 2.77. The number of carbonyl (C=O) groups excluding carboxylic acids is 1. The molecule has 0 spiro atoms. The number of benzene rings is 1. The van der Waals surface area contributed by atoms with E-state index in [-0.39, 0.29) is 11.8 Å². The van der Waals surface area contributed by atoms with Crippen LogP contribution < -0.4 is 0 Å². The third kappa shape index (κ3) is 3.31. The highest BCUT2D eigenvalue weighted by Crippen LogP contribution is 2.13. The van der Waals surface area contributed by atoms with E-state index in [1.54, 1.807) is 0 Å². The molecule has 0 N–H and O–H groups in total. The minimum Gasteiger partial charge on any atom is -0.302 e. The fraction of sp³-hybridized carbons (Fsp3) is 0.357. The van der Waals surface area contributed by atoms with Gasteiger partial charge in [0.15, 0.2) is 5.78 Å². The Kier molecular flexibility index (Phi) is 4.44. The van der Waals surface area contributed by atoms with Crippen molar-refractivity contribution in [3.8, 4) is 0 Å². The lowest BCUT2D eigenvalue weighted by Crippen LogP contribution is -2.31. The van der Waals surface area contributed by atoms with E-state index >= 15 is 0 Å². The van der Waals surface area contributed by atoms with Gasteiger partial charge in [-0.1, -0.05) is 42.5 Å². The van der Waals surface area contributed by atoms with Gasteiger partial charge < -0.3 is 4.90 Å². The number of hydrogen-bond acceptors (Lipinski definition) is 2. The van der Waals surface area contributed by atoms with E-state index in [0.29, 0.717) is 6.42 Å². The van der Waals surface area contributed by atoms with E-state index in [1.807, 2.05) is 56.3 Å². The lowest BCUT2D eigenvalue weighted by Gasteiger charge is -2.23. The molecule has 0 saturated heterocycles. The number of hydrogen-bond donors (Lipinski definition) is 0. The van der Waals surface area contributed by atoms with Gasteiger partial charge in [-0.25, -0.2) is 0 Å². The molecule has 1 unspecified atom stereocenters. The van der Waals surface area contributed by atoms with E-state index in [4.69, 9.17) is 0 Å². The summed E-state index contributed by atoms with van der Waals surface area (Å²) in [5.74, 6) is 0.169. The summed E-state index contributed by atoms with van der Waals surface area (Å²) in [6, 6.07) is 9.52. The highest BCUT2D eigenvalue weighted by Gasteiger charge is 2.17. The molecule has 1 aromatic carbocycles. The Morgan fingerprint density at radius 3 is 2.31 bits per heavy atom. The maximum absolute atomic E-state index is 12.0. The van der Waals surface area contributed by atoms with Gasteiger partial charge in [0, 0.05) is 18.0 Å². The summed E-state index contributed by atoms with van der Waals surface area (Å²) in [4.78, 5) is 14.0. The molecule has 0 aromatic heterocycles. The third-order valence-electron chi connectivity index (χ3n) is 2.67. The van der Waals surface area contributed by atoms with Gasteiger partial charge >= 0.3 is 0 Å². The molecule has 0 bridgehead atoms. The Morgan fingerprint density at radius 2 is 1.88 bits per heavy atom. The second-order valence-corrected chi connectivity index (χ2v) is 4.32. The van der Waals surface area contributed by atoms with Crippen molar-refractivity contribution in [1.82, 2.24) is 4.90 Å². The first-order valence-corrected chi connectivity index (χ1v) is 5.42. The molecule has 2 nitrogen and oxygen atoms in total. The SMILES string of the molecule is C=C(C)C(CC(=O)c1ccccc1)N(C)C. The molecule has 86 valence electrons. The minimum atomic E-state index is 0.118. The number of likely N-dealkylation sites (N-methyl/N-ethyl adjacent to an activating group) is 1.